The van der Waals surface area contributed by atoms with Gasteiger partial charge in [-0.3, -0.25) is 14.6 Å². The number of carbonyl (C=O) groups excluding carboxylic acids is 2. The number of rotatable bonds is 4. The second-order valence-electron chi connectivity index (χ2n) is 6.38. The molecule has 5 nitrogen and oxygen atoms in total. The van der Waals surface area contributed by atoms with Crippen molar-refractivity contribution < 1.29 is 9.59 Å². The normalized spacial score (nSPS) is 10.6. The number of carbonyl (C=O) groups is 2. The van der Waals surface area contributed by atoms with Gasteiger partial charge in [-0.05, 0) is 43.3 Å². The molecule has 4 rings (SSSR count). The Labute approximate surface area is 162 Å². The minimum absolute atomic E-state index is 0.0529. The number of nitrogens with one attached hydrogen (secondary N) is 1. The van der Waals surface area contributed by atoms with Crippen molar-refractivity contribution in [2.75, 3.05) is 5.32 Å². The van der Waals surface area contributed by atoms with Gasteiger partial charge in [-0.2, -0.15) is 0 Å². The Hall–Kier alpha value is -3.86. The van der Waals surface area contributed by atoms with E-state index < -0.39 is 0 Å². The van der Waals surface area contributed by atoms with Gasteiger partial charge in [0.15, 0.2) is 5.78 Å². The first-order valence-corrected chi connectivity index (χ1v) is 8.85. The number of amides is 1. The van der Waals surface area contributed by atoms with E-state index in [2.05, 4.69) is 15.3 Å². The van der Waals surface area contributed by atoms with Crippen LogP contribution in [0.2, 0.25) is 0 Å². The minimum atomic E-state index is -0.267. The monoisotopic (exact) mass is 367 g/mol. The molecule has 0 bridgehead atoms. The van der Waals surface area contributed by atoms with Crippen LogP contribution < -0.4 is 5.32 Å². The smallest absolute Gasteiger partial charge is 0.256 e. The molecule has 0 aliphatic carbocycles. The predicted octanol–water partition coefficient (Wildman–Crippen LogP) is 4.75. The van der Waals surface area contributed by atoms with Crippen molar-refractivity contribution in [3.05, 3.63) is 90.1 Å². The Morgan fingerprint density at radius 3 is 2.46 bits per heavy atom. The van der Waals surface area contributed by atoms with Crippen LogP contribution in [0, 0.1) is 0 Å². The Morgan fingerprint density at radius 1 is 0.857 bits per heavy atom. The van der Waals surface area contributed by atoms with Gasteiger partial charge in [0.1, 0.15) is 0 Å². The van der Waals surface area contributed by atoms with Crippen LogP contribution in [-0.2, 0) is 0 Å². The van der Waals surface area contributed by atoms with E-state index in [1.807, 2.05) is 42.5 Å². The van der Waals surface area contributed by atoms with E-state index in [4.69, 9.17) is 0 Å². The highest BCUT2D eigenvalue weighted by Gasteiger charge is 2.15. The standard InChI is InChI=1S/C23H17N3O2/c1-15(27)16-7-6-8-17(13-16)25-23(28)19-14-22(21-11-4-5-12-24-21)26-20-10-3-2-9-18(19)20/h2-14H,1H3,(H,25,28). The highest BCUT2D eigenvalue weighted by molar-refractivity contribution is 6.13. The van der Waals surface area contributed by atoms with Crippen molar-refractivity contribution in [1.82, 2.24) is 9.97 Å². The van der Waals surface area contributed by atoms with Crippen LogP contribution in [0.25, 0.3) is 22.3 Å². The number of fused-ring (bicyclic) bond motifs is 1. The van der Waals surface area contributed by atoms with Gasteiger partial charge in [-0.25, -0.2) is 4.98 Å². The average Bonchev–Trinajstić information content (AvgIpc) is 2.73. The molecule has 0 aliphatic heterocycles. The van der Waals surface area contributed by atoms with E-state index in [-0.39, 0.29) is 11.7 Å². The number of Topliss-reactive ketones (excluding diaryl/α,β-unsaturated/α-hetero) is 1. The highest BCUT2D eigenvalue weighted by Crippen LogP contribution is 2.24. The van der Waals surface area contributed by atoms with Gasteiger partial charge in [0.05, 0.1) is 22.5 Å². The lowest BCUT2D eigenvalue weighted by molar-refractivity contribution is 0.101. The van der Waals surface area contributed by atoms with E-state index in [1.54, 1.807) is 36.5 Å². The maximum atomic E-state index is 13.0. The lowest BCUT2D eigenvalue weighted by Gasteiger charge is -2.11. The van der Waals surface area contributed by atoms with Crippen molar-refractivity contribution in [3.63, 3.8) is 0 Å². The summed E-state index contributed by atoms with van der Waals surface area (Å²) in [7, 11) is 0. The number of pyridine rings is 2. The molecule has 4 aromatic rings. The second-order valence-corrected chi connectivity index (χ2v) is 6.38. The molecule has 0 unspecified atom stereocenters. The molecule has 0 saturated carbocycles. The first-order chi connectivity index (χ1) is 13.6. The van der Waals surface area contributed by atoms with Crippen molar-refractivity contribution in [2.45, 2.75) is 6.92 Å². The topological polar surface area (TPSA) is 72.0 Å². The van der Waals surface area contributed by atoms with Crippen molar-refractivity contribution in [1.29, 1.82) is 0 Å². The van der Waals surface area contributed by atoms with Crippen LogP contribution in [-0.4, -0.2) is 21.7 Å². The van der Waals surface area contributed by atoms with Gasteiger partial charge in [-0.1, -0.05) is 36.4 Å². The van der Waals surface area contributed by atoms with Crippen LogP contribution in [0.3, 0.4) is 0 Å². The molecule has 28 heavy (non-hydrogen) atoms. The number of hydrogen-bond donors (Lipinski definition) is 1. The second kappa shape index (κ2) is 7.40. The number of hydrogen-bond acceptors (Lipinski definition) is 4. The molecule has 0 spiro atoms. The third-order valence-electron chi connectivity index (χ3n) is 4.42. The quantitative estimate of drug-likeness (QED) is 0.528. The largest absolute Gasteiger partial charge is 0.322 e. The molecule has 5 heteroatoms. The van der Waals surface area contributed by atoms with Gasteiger partial charge in [-0.15, -0.1) is 0 Å². The number of aromatic nitrogens is 2. The summed E-state index contributed by atoms with van der Waals surface area (Å²) in [6, 6.07) is 21.7. The molecule has 2 aromatic heterocycles. The van der Waals surface area contributed by atoms with Gasteiger partial charge in [0, 0.05) is 22.8 Å². The van der Waals surface area contributed by atoms with E-state index >= 15 is 0 Å². The Bertz CT molecular complexity index is 1190. The fraction of sp³-hybridized carbons (Fsp3) is 0.0435. The number of ketones is 1. The number of nitrogens with zero attached hydrogens (tertiary/aromatic N) is 2. The molecule has 0 aliphatic rings. The fourth-order valence-corrected chi connectivity index (χ4v) is 3.02. The SMILES string of the molecule is CC(=O)c1cccc(NC(=O)c2cc(-c3ccccn3)nc3ccccc23)c1. The van der Waals surface area contributed by atoms with E-state index in [0.717, 1.165) is 5.39 Å². The van der Waals surface area contributed by atoms with Gasteiger partial charge < -0.3 is 5.32 Å². The Morgan fingerprint density at radius 2 is 1.68 bits per heavy atom. The van der Waals surface area contributed by atoms with Crippen LogP contribution in [0.1, 0.15) is 27.6 Å². The van der Waals surface area contributed by atoms with Gasteiger partial charge >= 0.3 is 0 Å². The zero-order chi connectivity index (χ0) is 19.5. The maximum absolute atomic E-state index is 13.0. The van der Waals surface area contributed by atoms with E-state index in [9.17, 15) is 9.59 Å². The molecule has 0 radical (unpaired) electrons. The summed E-state index contributed by atoms with van der Waals surface area (Å²) in [5, 5.41) is 3.64. The van der Waals surface area contributed by atoms with E-state index in [0.29, 0.717) is 33.7 Å². The van der Waals surface area contributed by atoms with Crippen molar-refractivity contribution in [3.8, 4) is 11.4 Å². The van der Waals surface area contributed by atoms with Crippen LogP contribution >= 0.6 is 0 Å². The molecule has 0 saturated heterocycles. The van der Waals surface area contributed by atoms with Crippen LogP contribution in [0.15, 0.2) is 79.0 Å². The molecule has 0 atom stereocenters. The summed E-state index contributed by atoms with van der Waals surface area (Å²) in [5.41, 5.74) is 3.65. The summed E-state index contributed by atoms with van der Waals surface area (Å²) in [4.78, 5) is 33.6. The van der Waals surface area contributed by atoms with Crippen LogP contribution in [0.5, 0.6) is 0 Å². The lowest BCUT2D eigenvalue weighted by Crippen LogP contribution is -2.13. The third kappa shape index (κ3) is 3.50. The first-order valence-electron chi connectivity index (χ1n) is 8.85. The highest BCUT2D eigenvalue weighted by atomic mass is 16.1. The molecule has 2 heterocycles. The number of para-hydroxylation sites is 1. The minimum Gasteiger partial charge on any atom is -0.322 e. The summed E-state index contributed by atoms with van der Waals surface area (Å²) in [6.45, 7) is 1.50. The molecule has 2 aromatic carbocycles. The van der Waals surface area contributed by atoms with Gasteiger partial charge in [0.25, 0.3) is 5.91 Å². The zero-order valence-electron chi connectivity index (χ0n) is 15.2. The molecular formula is C23H17N3O2. The fourth-order valence-electron chi connectivity index (χ4n) is 3.02. The Kier molecular flexibility index (Phi) is 4.64. The summed E-state index contributed by atoms with van der Waals surface area (Å²) >= 11 is 0. The van der Waals surface area contributed by atoms with Crippen LogP contribution in [0.4, 0.5) is 5.69 Å². The zero-order valence-corrected chi connectivity index (χ0v) is 15.2. The maximum Gasteiger partial charge on any atom is 0.256 e. The molecule has 136 valence electrons. The molecular weight excluding hydrogens is 350 g/mol. The summed E-state index contributed by atoms with van der Waals surface area (Å²) in [5.74, 6) is -0.320. The predicted molar refractivity (Wildman–Crippen MR) is 109 cm³/mol. The summed E-state index contributed by atoms with van der Waals surface area (Å²) in [6.07, 6.45) is 1.69. The van der Waals surface area contributed by atoms with Crippen molar-refractivity contribution >= 4 is 28.3 Å². The molecule has 1 N–H and O–H groups in total. The Balaban J connectivity index is 1.78. The molecule has 0 fully saturated rings. The summed E-state index contributed by atoms with van der Waals surface area (Å²) < 4.78 is 0. The molecule has 1 amide bonds. The lowest BCUT2D eigenvalue weighted by atomic mass is 10.0. The number of benzene rings is 2. The average molecular weight is 367 g/mol. The van der Waals surface area contributed by atoms with Crippen molar-refractivity contribution in [2.24, 2.45) is 0 Å². The van der Waals surface area contributed by atoms with Gasteiger partial charge in [0.2, 0.25) is 0 Å². The third-order valence-corrected chi connectivity index (χ3v) is 4.42. The van der Waals surface area contributed by atoms with E-state index in [1.165, 1.54) is 6.92 Å². The number of anilines is 1. The first kappa shape index (κ1) is 17.5.